The molecular formula is C34H34FN3. The molecular weight excluding hydrogens is 469 g/mol. The molecule has 4 aromatic carbocycles. The Bertz CT molecular complexity index is 1430. The fourth-order valence-electron chi connectivity index (χ4n) is 4.93. The summed E-state index contributed by atoms with van der Waals surface area (Å²) in [5, 5.41) is 0. The van der Waals surface area contributed by atoms with E-state index >= 15 is 0 Å². The highest BCUT2D eigenvalue weighted by molar-refractivity contribution is 5.68. The van der Waals surface area contributed by atoms with Crippen LogP contribution in [-0.4, -0.2) is 14.5 Å². The van der Waals surface area contributed by atoms with Crippen LogP contribution in [0.2, 0.25) is 0 Å². The van der Waals surface area contributed by atoms with Crippen LogP contribution in [0.3, 0.4) is 0 Å². The topological polar surface area (TPSA) is 21.1 Å². The second-order valence-corrected chi connectivity index (χ2v) is 9.69. The molecule has 0 aliphatic heterocycles. The lowest BCUT2D eigenvalue weighted by Gasteiger charge is -2.25. The van der Waals surface area contributed by atoms with E-state index in [4.69, 9.17) is 4.98 Å². The number of nitrogens with zero attached hydrogens (tertiary/aromatic N) is 3. The number of aromatic nitrogens is 2. The van der Waals surface area contributed by atoms with Crippen LogP contribution in [0.25, 0.3) is 22.6 Å². The molecule has 192 valence electrons. The van der Waals surface area contributed by atoms with Crippen molar-refractivity contribution in [3.05, 3.63) is 138 Å². The van der Waals surface area contributed by atoms with Crippen LogP contribution in [0.15, 0.2) is 115 Å². The monoisotopic (exact) mass is 503 g/mol. The Balaban J connectivity index is 1.62. The molecule has 0 bridgehead atoms. The molecule has 5 aromatic rings. The smallest absolute Gasteiger partial charge is 0.140 e. The molecule has 3 nitrogen and oxygen atoms in total. The van der Waals surface area contributed by atoms with Crippen molar-refractivity contribution in [2.24, 2.45) is 0 Å². The number of imidazole rings is 1. The molecule has 1 heterocycles. The van der Waals surface area contributed by atoms with Gasteiger partial charge in [0.15, 0.2) is 0 Å². The summed E-state index contributed by atoms with van der Waals surface area (Å²) in [6.45, 7) is 4.97. The summed E-state index contributed by atoms with van der Waals surface area (Å²) in [7, 11) is 0. The van der Waals surface area contributed by atoms with E-state index in [0.29, 0.717) is 25.2 Å². The first-order valence-corrected chi connectivity index (χ1v) is 13.4. The zero-order chi connectivity index (χ0) is 26.2. The number of unbranched alkanes of at least 4 members (excludes halogenated alkanes) is 1. The van der Waals surface area contributed by atoms with Crippen LogP contribution in [0.4, 0.5) is 4.39 Å². The van der Waals surface area contributed by atoms with Gasteiger partial charge in [-0.15, -0.1) is 0 Å². The summed E-state index contributed by atoms with van der Waals surface area (Å²) < 4.78 is 17.2. The zero-order valence-electron chi connectivity index (χ0n) is 21.9. The summed E-state index contributed by atoms with van der Waals surface area (Å²) in [6.07, 6.45) is 2.15. The minimum Gasteiger partial charge on any atom is -0.326 e. The highest BCUT2D eigenvalue weighted by atomic mass is 19.1. The van der Waals surface area contributed by atoms with Crippen LogP contribution in [0.5, 0.6) is 0 Å². The van der Waals surface area contributed by atoms with Gasteiger partial charge in [0.1, 0.15) is 11.6 Å². The van der Waals surface area contributed by atoms with Gasteiger partial charge >= 0.3 is 0 Å². The van der Waals surface area contributed by atoms with E-state index in [1.165, 1.54) is 5.56 Å². The molecule has 1 aromatic heterocycles. The Kier molecular flexibility index (Phi) is 8.42. The van der Waals surface area contributed by atoms with Gasteiger partial charge in [-0.1, -0.05) is 123 Å². The predicted octanol–water partition coefficient (Wildman–Crippen LogP) is 8.36. The summed E-state index contributed by atoms with van der Waals surface area (Å²) in [4.78, 5) is 7.58. The van der Waals surface area contributed by atoms with Gasteiger partial charge in [-0.25, -0.2) is 9.37 Å². The fourth-order valence-corrected chi connectivity index (χ4v) is 4.93. The first-order valence-electron chi connectivity index (χ1n) is 13.4. The molecule has 0 saturated heterocycles. The average molecular weight is 504 g/mol. The van der Waals surface area contributed by atoms with E-state index in [9.17, 15) is 4.39 Å². The number of hydrogen-bond acceptors (Lipinski definition) is 2. The minimum atomic E-state index is -0.168. The first kappa shape index (κ1) is 25.6. The molecule has 0 unspecified atom stereocenters. The molecule has 0 N–H and O–H groups in total. The van der Waals surface area contributed by atoms with Crippen molar-refractivity contribution in [1.82, 2.24) is 14.5 Å². The molecule has 0 amide bonds. The van der Waals surface area contributed by atoms with Crippen LogP contribution >= 0.6 is 0 Å². The second-order valence-electron chi connectivity index (χ2n) is 9.69. The average Bonchev–Trinajstić information content (AvgIpc) is 3.32. The van der Waals surface area contributed by atoms with Gasteiger partial charge < -0.3 is 4.57 Å². The Morgan fingerprint density at radius 1 is 0.684 bits per heavy atom. The van der Waals surface area contributed by atoms with E-state index < -0.39 is 0 Å². The summed E-state index contributed by atoms with van der Waals surface area (Å²) in [5.74, 6) is 0.816. The van der Waals surface area contributed by atoms with Crippen LogP contribution < -0.4 is 0 Å². The first-order chi connectivity index (χ1) is 18.7. The van der Waals surface area contributed by atoms with E-state index in [0.717, 1.165) is 47.7 Å². The quantitative estimate of drug-likeness (QED) is 0.181. The van der Waals surface area contributed by atoms with Gasteiger partial charge in [0.25, 0.3) is 0 Å². The molecule has 0 aliphatic carbocycles. The van der Waals surface area contributed by atoms with Crippen molar-refractivity contribution in [2.45, 2.75) is 45.9 Å². The highest BCUT2D eigenvalue weighted by Gasteiger charge is 2.22. The molecule has 0 fully saturated rings. The normalized spacial score (nSPS) is 11.2. The molecule has 0 spiro atoms. The fraction of sp³-hybridized carbons (Fsp3) is 0.206. The Morgan fingerprint density at radius 2 is 1.29 bits per heavy atom. The maximum atomic E-state index is 14.8. The van der Waals surface area contributed by atoms with E-state index in [-0.39, 0.29) is 5.82 Å². The van der Waals surface area contributed by atoms with Gasteiger partial charge in [0.2, 0.25) is 0 Å². The largest absolute Gasteiger partial charge is 0.326 e. The molecule has 4 heteroatoms. The Morgan fingerprint density at radius 3 is 1.95 bits per heavy atom. The SMILES string of the molecule is CCCCn1c(-c2ccccc2)nc(-c2ccccc2)c1CN(Cc1ccccc1)Cc1ccccc1F. The second kappa shape index (κ2) is 12.5. The van der Waals surface area contributed by atoms with E-state index in [1.54, 1.807) is 12.1 Å². The maximum absolute atomic E-state index is 14.8. The molecule has 5 rings (SSSR count). The van der Waals surface area contributed by atoms with Crippen LogP contribution in [-0.2, 0) is 26.2 Å². The molecule has 0 atom stereocenters. The number of hydrogen-bond donors (Lipinski definition) is 0. The van der Waals surface area contributed by atoms with Crippen molar-refractivity contribution in [1.29, 1.82) is 0 Å². The van der Waals surface area contributed by atoms with E-state index in [1.807, 2.05) is 30.3 Å². The number of halogens is 1. The lowest BCUT2D eigenvalue weighted by atomic mass is 10.1. The zero-order valence-corrected chi connectivity index (χ0v) is 21.9. The van der Waals surface area contributed by atoms with E-state index in [2.05, 4.69) is 89.2 Å². The highest BCUT2D eigenvalue weighted by Crippen LogP contribution is 2.32. The third-order valence-electron chi connectivity index (χ3n) is 6.86. The maximum Gasteiger partial charge on any atom is 0.140 e. The van der Waals surface area contributed by atoms with Crippen molar-refractivity contribution >= 4 is 0 Å². The lowest BCUT2D eigenvalue weighted by Crippen LogP contribution is -2.25. The Labute approximate surface area is 225 Å². The predicted molar refractivity (Wildman–Crippen MR) is 154 cm³/mol. The van der Waals surface area contributed by atoms with Crippen molar-refractivity contribution in [3.63, 3.8) is 0 Å². The Hall–Kier alpha value is -4.02. The van der Waals surface area contributed by atoms with Crippen molar-refractivity contribution < 1.29 is 4.39 Å². The minimum absolute atomic E-state index is 0.168. The van der Waals surface area contributed by atoms with Gasteiger partial charge in [-0.2, -0.15) is 0 Å². The molecule has 38 heavy (non-hydrogen) atoms. The number of benzene rings is 4. The van der Waals surface area contributed by atoms with Gasteiger partial charge in [-0.3, -0.25) is 4.90 Å². The third kappa shape index (κ3) is 6.09. The third-order valence-corrected chi connectivity index (χ3v) is 6.86. The molecule has 0 radical (unpaired) electrons. The summed E-state index contributed by atoms with van der Waals surface area (Å²) in [6, 6.07) is 38.4. The molecule has 0 aliphatic rings. The van der Waals surface area contributed by atoms with Crippen molar-refractivity contribution in [2.75, 3.05) is 0 Å². The standard InChI is InChI=1S/C34H34FN3/c1-2-3-23-38-32(33(28-17-9-5-10-18-28)36-34(38)29-19-11-6-12-20-29)26-37(24-27-15-7-4-8-16-27)25-30-21-13-14-22-31(30)35/h4-22H,2-3,23-26H2,1H3. The van der Waals surface area contributed by atoms with Gasteiger partial charge in [0.05, 0.1) is 11.4 Å². The lowest BCUT2D eigenvalue weighted by molar-refractivity contribution is 0.238. The van der Waals surface area contributed by atoms with Gasteiger partial charge in [0, 0.05) is 42.9 Å². The van der Waals surface area contributed by atoms with Crippen LogP contribution in [0.1, 0.15) is 36.6 Å². The summed E-state index contributed by atoms with van der Waals surface area (Å²) in [5.41, 5.74) is 6.26. The molecule has 0 saturated carbocycles. The van der Waals surface area contributed by atoms with Crippen molar-refractivity contribution in [3.8, 4) is 22.6 Å². The summed E-state index contributed by atoms with van der Waals surface area (Å²) >= 11 is 0. The van der Waals surface area contributed by atoms with Crippen LogP contribution in [0, 0.1) is 5.82 Å². The number of rotatable bonds is 11. The van der Waals surface area contributed by atoms with Gasteiger partial charge in [-0.05, 0) is 18.1 Å².